The molecule has 2 aromatic carbocycles. The molecule has 1 heterocycles. The van der Waals surface area contributed by atoms with Crippen LogP contribution in [-0.2, 0) is 4.79 Å². The summed E-state index contributed by atoms with van der Waals surface area (Å²) in [5, 5.41) is 16.6. The van der Waals surface area contributed by atoms with Crippen LogP contribution in [0.3, 0.4) is 0 Å². The number of nitrogens with one attached hydrogen (secondary N) is 2. The van der Waals surface area contributed by atoms with Gasteiger partial charge < -0.3 is 20.4 Å². The molecule has 8 nitrogen and oxygen atoms in total. The lowest BCUT2D eigenvalue weighted by atomic mass is 9.92. The number of carbonyl (C=O) groups excluding carboxylic acids is 1. The fourth-order valence-electron chi connectivity index (χ4n) is 4.71. The van der Waals surface area contributed by atoms with Crippen molar-refractivity contribution in [1.82, 2.24) is 14.7 Å². The van der Waals surface area contributed by atoms with Gasteiger partial charge in [0.15, 0.2) is 0 Å². The van der Waals surface area contributed by atoms with Gasteiger partial charge in [-0.3, -0.25) is 9.69 Å². The van der Waals surface area contributed by atoms with Crippen LogP contribution in [0.4, 0.5) is 11.5 Å². The number of hydrogen-bond acceptors (Lipinski definition) is 6. The van der Waals surface area contributed by atoms with E-state index in [1.165, 1.54) is 32.1 Å². The van der Waals surface area contributed by atoms with E-state index in [2.05, 4.69) is 37.7 Å². The molecule has 230 valence electrons. The first-order chi connectivity index (χ1) is 20.7. The SMILES string of the molecule is C=CNc1c(C(C)=N)c(-c2ccc(C)c(OC)c2)nn1-c1ccc(N(C)C(=O)/C=C/CN(C)C2CCC2)cc1.CCCC. The first kappa shape index (κ1) is 33.3. The summed E-state index contributed by atoms with van der Waals surface area (Å²) < 4.78 is 7.29. The lowest BCUT2D eigenvalue weighted by Crippen LogP contribution is -2.37. The monoisotopic (exact) mass is 584 g/mol. The Balaban J connectivity index is 0.00000119. The molecule has 4 rings (SSSR count). The van der Waals surface area contributed by atoms with Crippen LogP contribution in [0.5, 0.6) is 5.75 Å². The average Bonchev–Trinajstić information content (AvgIpc) is 3.36. The zero-order valence-corrected chi connectivity index (χ0v) is 26.9. The van der Waals surface area contributed by atoms with Crippen LogP contribution < -0.4 is 15.0 Å². The quantitative estimate of drug-likeness (QED) is 0.169. The van der Waals surface area contributed by atoms with Gasteiger partial charge in [-0.2, -0.15) is 5.10 Å². The molecule has 0 bridgehead atoms. The van der Waals surface area contributed by atoms with Crippen LogP contribution in [0.25, 0.3) is 16.9 Å². The first-order valence-electron chi connectivity index (χ1n) is 15.1. The molecule has 0 unspecified atom stereocenters. The average molecular weight is 585 g/mol. The summed E-state index contributed by atoms with van der Waals surface area (Å²) in [7, 11) is 5.53. The summed E-state index contributed by atoms with van der Waals surface area (Å²) in [6, 6.07) is 14.2. The Hall–Kier alpha value is -4.17. The lowest BCUT2D eigenvalue weighted by Gasteiger charge is -2.33. The molecule has 1 fully saturated rings. The maximum Gasteiger partial charge on any atom is 0.250 e. The standard InChI is InChI=1S/C31H38N6O2.C4H10/c1-7-33-31-29(22(3)32)30(23-14-13-21(2)27(20-23)39-6)34-37(31)26-17-15-25(16-18-26)36(5)28(38)12-9-19-35(4)24-10-8-11-24;1-3-4-2/h7,9,12-18,20,24,32-33H,1,8,10-11,19H2,2-6H3;3-4H2,1-2H3/b12-9+,32-22?;. The molecule has 8 heteroatoms. The van der Waals surface area contributed by atoms with Gasteiger partial charge in [-0.15, -0.1) is 0 Å². The van der Waals surface area contributed by atoms with Crippen molar-refractivity contribution in [2.24, 2.45) is 0 Å². The largest absolute Gasteiger partial charge is 0.496 e. The van der Waals surface area contributed by atoms with E-state index in [1.54, 1.807) is 42.9 Å². The molecule has 43 heavy (non-hydrogen) atoms. The molecule has 0 spiro atoms. The van der Waals surface area contributed by atoms with Gasteiger partial charge >= 0.3 is 0 Å². The van der Waals surface area contributed by atoms with Gasteiger partial charge in [0, 0.05) is 42.7 Å². The highest BCUT2D eigenvalue weighted by Gasteiger charge is 2.23. The van der Waals surface area contributed by atoms with Gasteiger partial charge in [-0.1, -0.05) is 57.9 Å². The number of nitrogens with zero attached hydrogens (tertiary/aromatic N) is 4. The molecule has 1 aliphatic rings. The molecule has 0 aliphatic heterocycles. The number of anilines is 2. The van der Waals surface area contributed by atoms with Crippen molar-refractivity contribution in [3.8, 4) is 22.7 Å². The fourth-order valence-corrected chi connectivity index (χ4v) is 4.71. The number of hydrogen-bond donors (Lipinski definition) is 2. The van der Waals surface area contributed by atoms with E-state index in [0.717, 1.165) is 34.8 Å². The Morgan fingerprint density at radius 2 is 1.84 bits per heavy atom. The van der Waals surface area contributed by atoms with Crippen molar-refractivity contribution >= 4 is 23.1 Å². The zero-order chi connectivity index (χ0) is 31.5. The molecule has 0 atom stereocenters. The van der Waals surface area contributed by atoms with Crippen LogP contribution in [0, 0.1) is 12.3 Å². The van der Waals surface area contributed by atoms with Crippen LogP contribution >= 0.6 is 0 Å². The highest BCUT2D eigenvalue weighted by Crippen LogP contribution is 2.34. The van der Waals surface area contributed by atoms with Crippen molar-refractivity contribution in [2.45, 2.75) is 65.8 Å². The van der Waals surface area contributed by atoms with E-state index in [-0.39, 0.29) is 5.91 Å². The van der Waals surface area contributed by atoms with E-state index in [0.29, 0.717) is 28.8 Å². The number of likely N-dealkylation sites (N-methyl/N-ethyl adjacent to an activating group) is 2. The summed E-state index contributed by atoms with van der Waals surface area (Å²) >= 11 is 0. The molecule has 1 amide bonds. The van der Waals surface area contributed by atoms with Gasteiger partial charge in [-0.05, 0) is 75.8 Å². The third-order valence-electron chi connectivity index (χ3n) is 7.84. The molecular weight excluding hydrogens is 536 g/mol. The van der Waals surface area contributed by atoms with E-state index >= 15 is 0 Å². The van der Waals surface area contributed by atoms with Gasteiger partial charge in [0.05, 0.1) is 18.4 Å². The molecule has 1 aliphatic carbocycles. The second-order valence-electron chi connectivity index (χ2n) is 11.0. The molecule has 0 saturated heterocycles. The Labute approximate surface area is 257 Å². The number of aromatic nitrogens is 2. The van der Waals surface area contributed by atoms with Gasteiger partial charge in [0.1, 0.15) is 17.3 Å². The number of aryl methyl sites for hydroxylation is 1. The Kier molecular flexibility index (Phi) is 12.3. The number of ether oxygens (including phenoxy) is 1. The first-order valence-corrected chi connectivity index (χ1v) is 15.1. The minimum absolute atomic E-state index is 0.0739. The van der Waals surface area contributed by atoms with Crippen LogP contribution in [0.15, 0.2) is 67.4 Å². The molecule has 2 N–H and O–H groups in total. The predicted octanol–water partition coefficient (Wildman–Crippen LogP) is 7.61. The number of amides is 1. The summed E-state index contributed by atoms with van der Waals surface area (Å²) in [6.07, 6.45) is 11.6. The highest BCUT2D eigenvalue weighted by molar-refractivity contribution is 6.06. The minimum Gasteiger partial charge on any atom is -0.496 e. The van der Waals surface area contributed by atoms with Gasteiger partial charge in [0.25, 0.3) is 0 Å². The van der Waals surface area contributed by atoms with Crippen molar-refractivity contribution in [1.29, 1.82) is 5.41 Å². The molecule has 1 aromatic heterocycles. The van der Waals surface area contributed by atoms with Gasteiger partial charge in [-0.25, -0.2) is 4.68 Å². The summed E-state index contributed by atoms with van der Waals surface area (Å²) in [5.41, 5.74) is 5.14. The molecule has 1 saturated carbocycles. The summed E-state index contributed by atoms with van der Waals surface area (Å²) in [4.78, 5) is 16.7. The van der Waals surface area contributed by atoms with Crippen molar-refractivity contribution in [3.63, 3.8) is 0 Å². The number of carbonyl (C=O) groups is 1. The van der Waals surface area contributed by atoms with Crippen molar-refractivity contribution in [2.75, 3.05) is 38.0 Å². The van der Waals surface area contributed by atoms with Crippen LogP contribution in [0.2, 0.25) is 0 Å². The number of methoxy groups -OCH3 is 1. The maximum absolute atomic E-state index is 12.8. The molecule has 0 radical (unpaired) electrons. The fraction of sp³-hybridized carbons (Fsp3) is 0.400. The van der Waals surface area contributed by atoms with Gasteiger partial charge in [0.2, 0.25) is 5.91 Å². The number of rotatable bonds is 12. The second-order valence-corrected chi connectivity index (χ2v) is 11.0. The van der Waals surface area contributed by atoms with E-state index in [9.17, 15) is 4.79 Å². The third-order valence-corrected chi connectivity index (χ3v) is 7.84. The predicted molar refractivity (Wildman–Crippen MR) is 180 cm³/mol. The van der Waals surface area contributed by atoms with Crippen LogP contribution in [-0.4, -0.2) is 60.1 Å². The number of benzene rings is 2. The number of unbranched alkanes of at least 4 members (excludes halogenated alkanes) is 1. The van der Waals surface area contributed by atoms with Crippen molar-refractivity contribution in [3.05, 3.63) is 78.5 Å². The van der Waals surface area contributed by atoms with Crippen LogP contribution in [0.1, 0.15) is 64.0 Å². The highest BCUT2D eigenvalue weighted by atomic mass is 16.5. The Morgan fingerprint density at radius 3 is 2.37 bits per heavy atom. The molecular formula is C35H48N6O2. The Bertz CT molecular complexity index is 1420. The third kappa shape index (κ3) is 8.23. The summed E-state index contributed by atoms with van der Waals surface area (Å²) in [6.45, 7) is 12.7. The summed E-state index contributed by atoms with van der Waals surface area (Å²) in [5.74, 6) is 1.33. The van der Waals surface area contributed by atoms with E-state index in [1.807, 2.05) is 55.5 Å². The Morgan fingerprint density at radius 1 is 1.16 bits per heavy atom. The maximum atomic E-state index is 12.8. The van der Waals surface area contributed by atoms with E-state index < -0.39 is 0 Å². The van der Waals surface area contributed by atoms with Crippen molar-refractivity contribution < 1.29 is 9.53 Å². The second kappa shape index (κ2) is 15.9. The smallest absolute Gasteiger partial charge is 0.250 e. The minimum atomic E-state index is -0.0739. The zero-order valence-electron chi connectivity index (χ0n) is 26.9. The lowest BCUT2D eigenvalue weighted by molar-refractivity contribution is -0.113. The van der Waals surface area contributed by atoms with E-state index in [4.69, 9.17) is 15.2 Å². The molecule has 3 aromatic rings. The normalized spacial score (nSPS) is 12.8. The topological polar surface area (TPSA) is 86.5 Å².